The fourth-order valence-corrected chi connectivity index (χ4v) is 4.27. The van der Waals surface area contributed by atoms with Gasteiger partial charge in [-0.1, -0.05) is 27.7 Å². The first-order valence-corrected chi connectivity index (χ1v) is 12.7. The van der Waals surface area contributed by atoms with E-state index in [4.69, 9.17) is 4.74 Å². The summed E-state index contributed by atoms with van der Waals surface area (Å²) in [6.07, 6.45) is 1.60. The lowest BCUT2D eigenvalue weighted by atomic mass is 10.0. The number of carbonyl (C=O) groups excluding carboxylic acids is 1. The Balaban J connectivity index is 1.40. The number of aromatic nitrogens is 3. The molecule has 1 unspecified atom stereocenters. The fourth-order valence-electron chi connectivity index (χ4n) is 3.56. The second-order valence-corrected chi connectivity index (χ2v) is 9.60. The van der Waals surface area contributed by atoms with Crippen molar-refractivity contribution in [3.05, 3.63) is 66.1 Å². The Morgan fingerprint density at radius 2 is 1.94 bits per heavy atom. The Hall–Kier alpha value is -3.50. The van der Waals surface area contributed by atoms with Crippen molar-refractivity contribution >= 4 is 40.6 Å². The van der Waals surface area contributed by atoms with Crippen molar-refractivity contribution in [3.63, 3.8) is 0 Å². The fraction of sp³-hybridized carbons (Fsp3) is 0.308. The van der Waals surface area contributed by atoms with Crippen molar-refractivity contribution in [2.24, 2.45) is 5.92 Å². The molecule has 0 aliphatic carbocycles. The van der Waals surface area contributed by atoms with Crippen LogP contribution in [0.1, 0.15) is 39.2 Å². The molecule has 0 fully saturated rings. The van der Waals surface area contributed by atoms with Gasteiger partial charge in [-0.25, -0.2) is 13.5 Å². The Morgan fingerprint density at radius 1 is 1.14 bits per heavy atom. The Morgan fingerprint density at radius 3 is 2.72 bits per heavy atom. The summed E-state index contributed by atoms with van der Waals surface area (Å²) in [5.41, 5.74) is 3.40. The number of aromatic amines is 1. The average Bonchev–Trinajstić information content (AvgIpc) is 2.85. The number of hydrogen-bond acceptors (Lipinski definition) is 6. The molecule has 1 amide bonds. The zero-order valence-corrected chi connectivity index (χ0v) is 21.6. The number of amides is 1. The van der Waals surface area contributed by atoms with Crippen LogP contribution >= 0.6 is 12.1 Å². The first kappa shape index (κ1) is 25.6. The maximum absolute atomic E-state index is 14.0. The molecular formula is C26H31FN6O2S. The molecular weight excluding hydrogens is 479 g/mol. The zero-order valence-electron chi connectivity index (χ0n) is 20.8. The van der Waals surface area contributed by atoms with Crippen LogP contribution < -0.4 is 20.1 Å². The molecule has 0 aliphatic rings. The van der Waals surface area contributed by atoms with E-state index in [1.54, 1.807) is 24.4 Å². The Kier molecular flexibility index (Phi) is 8.17. The van der Waals surface area contributed by atoms with Gasteiger partial charge in [-0.05, 0) is 54.4 Å². The molecule has 4 aromatic rings. The third-order valence-corrected chi connectivity index (χ3v) is 6.45. The van der Waals surface area contributed by atoms with Gasteiger partial charge in [-0.3, -0.25) is 9.89 Å². The van der Waals surface area contributed by atoms with E-state index in [0.717, 1.165) is 23.3 Å². The summed E-state index contributed by atoms with van der Waals surface area (Å²) < 4.78 is 25.1. The molecule has 0 radical (unpaired) electrons. The first-order valence-electron chi connectivity index (χ1n) is 11.9. The van der Waals surface area contributed by atoms with Gasteiger partial charge in [0, 0.05) is 36.5 Å². The van der Waals surface area contributed by atoms with Crippen molar-refractivity contribution in [1.29, 1.82) is 0 Å². The lowest BCUT2D eigenvalue weighted by Crippen LogP contribution is -2.30. The van der Waals surface area contributed by atoms with Gasteiger partial charge in [0.25, 0.3) is 0 Å². The minimum absolute atomic E-state index is 0.0998. The van der Waals surface area contributed by atoms with Gasteiger partial charge in [0.2, 0.25) is 5.91 Å². The zero-order chi connectivity index (χ0) is 25.7. The highest BCUT2D eigenvalue weighted by Gasteiger charge is 2.14. The molecule has 36 heavy (non-hydrogen) atoms. The number of anilines is 2. The molecule has 2 aromatic carbocycles. The maximum Gasteiger partial charge on any atom is 0.229 e. The number of rotatable bonds is 11. The van der Waals surface area contributed by atoms with E-state index < -0.39 is 0 Å². The van der Waals surface area contributed by atoms with E-state index in [9.17, 15) is 9.18 Å². The molecule has 190 valence electrons. The normalized spacial score (nSPS) is 12.2. The van der Waals surface area contributed by atoms with Crippen molar-refractivity contribution in [3.8, 4) is 11.5 Å². The second kappa shape index (κ2) is 11.5. The second-order valence-electron chi connectivity index (χ2n) is 8.85. The van der Waals surface area contributed by atoms with Crippen LogP contribution in [0.5, 0.6) is 11.5 Å². The van der Waals surface area contributed by atoms with Crippen LogP contribution in [0.25, 0.3) is 11.0 Å². The van der Waals surface area contributed by atoms with Crippen LogP contribution in [0.15, 0.2) is 54.7 Å². The van der Waals surface area contributed by atoms with E-state index >= 15 is 0 Å². The van der Waals surface area contributed by atoms with Crippen LogP contribution in [0, 0.1) is 11.7 Å². The highest BCUT2D eigenvalue weighted by atomic mass is 32.2. The molecule has 0 bridgehead atoms. The molecule has 0 aliphatic heterocycles. The average molecular weight is 511 g/mol. The predicted molar refractivity (Wildman–Crippen MR) is 144 cm³/mol. The molecule has 0 saturated carbocycles. The SMILES string of the molecule is CCNCC(C)C(=O)Nc1cc(Oc2ccc3[nH]n(SNc4ccc(F)c(C(C)C)c4)c3c2)ccn1. The van der Waals surface area contributed by atoms with Gasteiger partial charge in [-0.15, -0.1) is 0 Å². The van der Waals surface area contributed by atoms with Gasteiger partial charge in [0.1, 0.15) is 28.7 Å². The van der Waals surface area contributed by atoms with Crippen LogP contribution in [0.4, 0.5) is 15.9 Å². The third-order valence-electron chi connectivity index (χ3n) is 5.65. The van der Waals surface area contributed by atoms with Crippen LogP contribution in [0.2, 0.25) is 0 Å². The number of ether oxygens (including phenoxy) is 1. The lowest BCUT2D eigenvalue weighted by molar-refractivity contribution is -0.119. The van der Waals surface area contributed by atoms with Crippen molar-refractivity contribution < 1.29 is 13.9 Å². The molecule has 4 rings (SSSR count). The van der Waals surface area contributed by atoms with Gasteiger partial charge in [0.05, 0.1) is 17.7 Å². The van der Waals surface area contributed by atoms with Gasteiger partial charge in [-0.2, -0.15) is 0 Å². The number of fused-ring (bicyclic) bond motifs is 1. The predicted octanol–water partition coefficient (Wildman–Crippen LogP) is 6.13. The number of benzene rings is 2. The van der Waals surface area contributed by atoms with E-state index in [-0.39, 0.29) is 23.6 Å². The largest absolute Gasteiger partial charge is 0.457 e. The Labute approximate surface area is 214 Å². The van der Waals surface area contributed by atoms with Gasteiger partial charge < -0.3 is 20.1 Å². The number of hydrogen-bond donors (Lipinski definition) is 4. The highest BCUT2D eigenvalue weighted by Crippen LogP contribution is 2.30. The summed E-state index contributed by atoms with van der Waals surface area (Å²) >= 11 is 1.35. The van der Waals surface area contributed by atoms with E-state index in [1.165, 1.54) is 18.2 Å². The number of nitrogens with one attached hydrogen (secondary N) is 4. The summed E-state index contributed by atoms with van der Waals surface area (Å²) in [6, 6.07) is 14.2. The monoisotopic (exact) mass is 510 g/mol. The minimum Gasteiger partial charge on any atom is -0.457 e. The standard InChI is InChI=1S/C26H31FN6O2S/c1-5-28-15-17(4)26(34)30-25-14-20(10-11-29-25)35-19-7-9-23-24(13-19)33(31-23)36-32-18-6-8-22(27)21(12-18)16(2)3/h6-14,16-17,28,31-32H,5,15H2,1-4H3,(H,29,30,34). The van der Waals surface area contributed by atoms with Gasteiger partial charge >= 0.3 is 0 Å². The molecule has 2 aromatic heterocycles. The molecule has 1 atom stereocenters. The number of halogens is 1. The topological polar surface area (TPSA) is 96.0 Å². The van der Waals surface area contributed by atoms with Crippen molar-refractivity contribution in [2.45, 2.75) is 33.6 Å². The molecule has 4 N–H and O–H groups in total. The molecule has 10 heteroatoms. The van der Waals surface area contributed by atoms with Crippen LogP contribution in [0.3, 0.4) is 0 Å². The molecule has 8 nitrogen and oxygen atoms in total. The summed E-state index contributed by atoms with van der Waals surface area (Å²) in [4.78, 5) is 16.6. The summed E-state index contributed by atoms with van der Waals surface area (Å²) in [5.74, 6) is 1.27. The number of pyridine rings is 1. The highest BCUT2D eigenvalue weighted by molar-refractivity contribution is 7.99. The number of nitrogens with zero attached hydrogens (tertiary/aromatic N) is 2. The number of H-pyrrole nitrogens is 1. The lowest BCUT2D eigenvalue weighted by Gasteiger charge is -2.18. The molecule has 2 heterocycles. The maximum atomic E-state index is 14.0. The number of carbonyl (C=O) groups is 1. The van der Waals surface area contributed by atoms with Crippen molar-refractivity contribution in [2.75, 3.05) is 23.1 Å². The summed E-state index contributed by atoms with van der Waals surface area (Å²) in [7, 11) is 0. The van der Waals surface area contributed by atoms with Crippen LogP contribution in [-0.2, 0) is 4.79 Å². The minimum atomic E-state index is -0.198. The Bertz CT molecular complexity index is 1340. The summed E-state index contributed by atoms with van der Waals surface area (Å²) in [5, 5.41) is 9.24. The molecule has 0 spiro atoms. The van der Waals surface area contributed by atoms with E-state index in [2.05, 4.69) is 25.4 Å². The van der Waals surface area contributed by atoms with E-state index in [1.807, 2.05) is 56.0 Å². The van der Waals surface area contributed by atoms with Crippen molar-refractivity contribution in [1.82, 2.24) is 19.5 Å². The third kappa shape index (κ3) is 6.19. The van der Waals surface area contributed by atoms with Crippen LogP contribution in [-0.4, -0.2) is 33.2 Å². The quantitative estimate of drug-likeness (QED) is 0.181. The molecule has 0 saturated heterocycles. The van der Waals surface area contributed by atoms with Gasteiger partial charge in [0.15, 0.2) is 0 Å². The summed E-state index contributed by atoms with van der Waals surface area (Å²) in [6.45, 7) is 9.22. The van der Waals surface area contributed by atoms with E-state index in [0.29, 0.717) is 29.4 Å². The first-order chi connectivity index (χ1) is 17.3. The smallest absolute Gasteiger partial charge is 0.229 e.